The zero-order valence-corrected chi connectivity index (χ0v) is 45.7. The lowest BCUT2D eigenvalue weighted by atomic mass is 10.0. The standard InChI is InChI=1S/C65H104O6/c1-4-7-10-13-16-19-22-25-28-30-32-34-37-40-43-46-49-52-55-58-64(67)70-61-62(60-69-63(66)57-54-51-48-45-42-39-36-27-24-21-18-15-12-9-6-3)71-65(68)59-56-53-50-47-44-41-38-35-33-31-29-26-23-20-17-14-11-8-5-2/h7,10,16-17,19-20,25-26,28-29,32-35,40-41,43-44,49-50,52-53,62H,4-6,8-9,11-15,18,21-24,27,30-31,36-39,42,45-48,51,54-61H2,1-3H3/b10-7-,19-16-,20-17-,28-25-,29-26-,34-32-,35-33-,43-40-,44-41-,52-49-,53-50-/t62-/m0/s1. The molecular weight excluding hydrogens is 877 g/mol. The van der Waals surface area contributed by atoms with Crippen LogP contribution in [0.4, 0.5) is 0 Å². The van der Waals surface area contributed by atoms with Crippen LogP contribution in [0.1, 0.15) is 239 Å². The van der Waals surface area contributed by atoms with Gasteiger partial charge in [-0.2, -0.15) is 0 Å². The predicted molar refractivity (Wildman–Crippen MR) is 306 cm³/mol. The first-order valence-electron chi connectivity index (χ1n) is 28.7. The Bertz CT molecular complexity index is 1550. The summed E-state index contributed by atoms with van der Waals surface area (Å²) in [4.78, 5) is 38.1. The van der Waals surface area contributed by atoms with Gasteiger partial charge in [-0.1, -0.05) is 257 Å². The first-order valence-corrected chi connectivity index (χ1v) is 28.7. The van der Waals surface area contributed by atoms with Gasteiger partial charge in [0, 0.05) is 19.3 Å². The number of esters is 3. The molecule has 0 aliphatic rings. The molecule has 71 heavy (non-hydrogen) atoms. The highest BCUT2D eigenvalue weighted by Gasteiger charge is 2.19. The van der Waals surface area contributed by atoms with Crippen molar-refractivity contribution in [3.8, 4) is 0 Å². The van der Waals surface area contributed by atoms with Crippen molar-refractivity contribution in [2.75, 3.05) is 13.2 Å². The third kappa shape index (κ3) is 56.3. The molecule has 0 aromatic rings. The van der Waals surface area contributed by atoms with Gasteiger partial charge in [-0.05, 0) is 96.3 Å². The maximum absolute atomic E-state index is 12.8. The molecule has 0 bridgehead atoms. The van der Waals surface area contributed by atoms with Crippen molar-refractivity contribution in [1.82, 2.24) is 0 Å². The zero-order valence-electron chi connectivity index (χ0n) is 45.7. The monoisotopic (exact) mass is 981 g/mol. The van der Waals surface area contributed by atoms with Crippen LogP contribution in [-0.2, 0) is 28.6 Å². The lowest BCUT2D eigenvalue weighted by Crippen LogP contribution is -2.30. The van der Waals surface area contributed by atoms with E-state index in [1.54, 1.807) is 0 Å². The van der Waals surface area contributed by atoms with Crippen LogP contribution in [0.5, 0.6) is 0 Å². The van der Waals surface area contributed by atoms with Gasteiger partial charge in [0.25, 0.3) is 0 Å². The molecular formula is C65H104O6. The Hall–Kier alpha value is -4.45. The van der Waals surface area contributed by atoms with Gasteiger partial charge >= 0.3 is 17.9 Å². The summed E-state index contributed by atoms with van der Waals surface area (Å²) in [7, 11) is 0. The molecule has 0 fully saturated rings. The molecule has 0 saturated carbocycles. The third-order valence-corrected chi connectivity index (χ3v) is 11.7. The van der Waals surface area contributed by atoms with E-state index < -0.39 is 12.1 Å². The molecule has 0 saturated heterocycles. The van der Waals surface area contributed by atoms with Crippen molar-refractivity contribution in [3.05, 3.63) is 134 Å². The summed E-state index contributed by atoms with van der Waals surface area (Å²) < 4.78 is 16.7. The fourth-order valence-corrected chi connectivity index (χ4v) is 7.39. The number of hydrogen-bond donors (Lipinski definition) is 0. The van der Waals surface area contributed by atoms with Crippen LogP contribution < -0.4 is 0 Å². The zero-order chi connectivity index (χ0) is 51.4. The van der Waals surface area contributed by atoms with E-state index in [1.807, 2.05) is 24.3 Å². The Morgan fingerprint density at radius 1 is 0.296 bits per heavy atom. The van der Waals surface area contributed by atoms with Crippen LogP contribution in [0.2, 0.25) is 0 Å². The van der Waals surface area contributed by atoms with E-state index >= 15 is 0 Å². The van der Waals surface area contributed by atoms with E-state index in [4.69, 9.17) is 14.2 Å². The molecule has 0 heterocycles. The molecule has 0 unspecified atom stereocenters. The van der Waals surface area contributed by atoms with Gasteiger partial charge in [-0.25, -0.2) is 0 Å². The molecule has 6 heteroatoms. The van der Waals surface area contributed by atoms with E-state index in [1.165, 1.54) is 103 Å². The molecule has 0 aromatic heterocycles. The Kier molecular flexibility index (Phi) is 54.5. The number of allylic oxidation sites excluding steroid dienone is 22. The van der Waals surface area contributed by atoms with Crippen LogP contribution in [-0.4, -0.2) is 37.2 Å². The average molecular weight is 982 g/mol. The second-order valence-electron chi connectivity index (χ2n) is 18.5. The molecule has 1 atom stereocenters. The summed E-state index contributed by atoms with van der Waals surface area (Å²) in [6, 6.07) is 0. The molecule has 0 aliphatic heterocycles. The van der Waals surface area contributed by atoms with Crippen molar-refractivity contribution in [1.29, 1.82) is 0 Å². The van der Waals surface area contributed by atoms with Crippen molar-refractivity contribution >= 4 is 17.9 Å². The first kappa shape index (κ1) is 66.6. The maximum atomic E-state index is 12.8. The number of rotatable bonds is 50. The Balaban J connectivity index is 4.63. The minimum Gasteiger partial charge on any atom is -0.462 e. The number of ether oxygens (including phenoxy) is 3. The van der Waals surface area contributed by atoms with Gasteiger partial charge < -0.3 is 14.2 Å². The first-order chi connectivity index (χ1) is 35.0. The minimum absolute atomic E-state index is 0.133. The molecule has 400 valence electrons. The third-order valence-electron chi connectivity index (χ3n) is 11.7. The molecule has 0 rings (SSSR count). The van der Waals surface area contributed by atoms with Crippen LogP contribution in [0.15, 0.2) is 134 Å². The van der Waals surface area contributed by atoms with E-state index in [0.29, 0.717) is 19.3 Å². The number of hydrogen-bond acceptors (Lipinski definition) is 6. The average Bonchev–Trinajstić information content (AvgIpc) is 3.37. The van der Waals surface area contributed by atoms with E-state index in [2.05, 4.69) is 130 Å². The summed E-state index contributed by atoms with van der Waals surface area (Å²) in [5.41, 5.74) is 0. The minimum atomic E-state index is -0.852. The van der Waals surface area contributed by atoms with Gasteiger partial charge in [0.1, 0.15) is 13.2 Å². The molecule has 0 N–H and O–H groups in total. The molecule has 0 aliphatic carbocycles. The Labute approximate surface area is 436 Å². The molecule has 0 aromatic carbocycles. The van der Waals surface area contributed by atoms with Crippen LogP contribution in [0.3, 0.4) is 0 Å². The summed E-state index contributed by atoms with van der Waals surface area (Å²) >= 11 is 0. The fourth-order valence-electron chi connectivity index (χ4n) is 7.39. The van der Waals surface area contributed by atoms with Crippen LogP contribution in [0, 0.1) is 0 Å². The normalized spacial score (nSPS) is 13.1. The van der Waals surface area contributed by atoms with Crippen molar-refractivity contribution in [3.63, 3.8) is 0 Å². The lowest BCUT2D eigenvalue weighted by Gasteiger charge is -2.18. The van der Waals surface area contributed by atoms with Crippen molar-refractivity contribution in [2.24, 2.45) is 0 Å². The van der Waals surface area contributed by atoms with Gasteiger partial charge in [0.05, 0.1) is 0 Å². The SMILES string of the molecule is CC/C=C\C/C=C\C/C=C\C/C=C\C/C=C\C/C=C\CCC(=O)OC[C@H](COC(=O)CCCCCCCCCCCCCCCCC)OC(=O)CC/C=C\C/C=C\C/C=C\C/C=C\C/C=C\CCCCC. The summed E-state index contributed by atoms with van der Waals surface area (Å²) in [6.07, 6.45) is 81.8. The van der Waals surface area contributed by atoms with Gasteiger partial charge in [-0.3, -0.25) is 14.4 Å². The van der Waals surface area contributed by atoms with Crippen molar-refractivity contribution in [2.45, 2.75) is 245 Å². The van der Waals surface area contributed by atoms with Crippen molar-refractivity contribution < 1.29 is 28.6 Å². The number of carbonyl (C=O) groups is 3. The molecule has 0 amide bonds. The molecule has 0 spiro atoms. The second-order valence-corrected chi connectivity index (χ2v) is 18.5. The predicted octanol–water partition coefficient (Wildman–Crippen LogP) is 19.4. The van der Waals surface area contributed by atoms with Gasteiger partial charge in [0.15, 0.2) is 6.10 Å². The lowest BCUT2D eigenvalue weighted by molar-refractivity contribution is -0.166. The summed E-state index contributed by atoms with van der Waals surface area (Å²) in [5, 5.41) is 0. The van der Waals surface area contributed by atoms with Crippen LogP contribution >= 0.6 is 0 Å². The Morgan fingerprint density at radius 3 is 0.944 bits per heavy atom. The topological polar surface area (TPSA) is 78.9 Å². The number of carbonyl (C=O) groups excluding carboxylic acids is 3. The highest BCUT2D eigenvalue weighted by molar-refractivity contribution is 5.71. The number of unbranched alkanes of at least 4 members (excludes halogenated alkanes) is 17. The largest absolute Gasteiger partial charge is 0.462 e. The second kappa shape index (κ2) is 58.1. The highest BCUT2D eigenvalue weighted by Crippen LogP contribution is 2.14. The summed E-state index contributed by atoms with van der Waals surface area (Å²) in [5.74, 6) is -1.11. The Morgan fingerprint density at radius 2 is 0.577 bits per heavy atom. The van der Waals surface area contributed by atoms with Crippen LogP contribution in [0.25, 0.3) is 0 Å². The van der Waals surface area contributed by atoms with E-state index in [-0.39, 0.29) is 38.0 Å². The van der Waals surface area contributed by atoms with Gasteiger partial charge in [0.2, 0.25) is 0 Å². The maximum Gasteiger partial charge on any atom is 0.306 e. The summed E-state index contributed by atoms with van der Waals surface area (Å²) in [6.45, 7) is 6.37. The quantitative estimate of drug-likeness (QED) is 0.0262. The highest BCUT2D eigenvalue weighted by atomic mass is 16.6. The fraction of sp³-hybridized carbons (Fsp3) is 0.615. The van der Waals surface area contributed by atoms with Gasteiger partial charge in [-0.15, -0.1) is 0 Å². The van der Waals surface area contributed by atoms with E-state index in [0.717, 1.165) is 83.5 Å². The van der Waals surface area contributed by atoms with E-state index in [9.17, 15) is 14.4 Å². The molecule has 0 radical (unpaired) electrons. The molecule has 6 nitrogen and oxygen atoms in total. The smallest absolute Gasteiger partial charge is 0.306 e.